The number of thioether (sulfide) groups is 2. The fourth-order valence-electron chi connectivity index (χ4n) is 2.71. The zero-order chi connectivity index (χ0) is 20.6. The molecule has 0 aliphatic rings. The lowest BCUT2D eigenvalue weighted by Gasteiger charge is -2.17. The van der Waals surface area contributed by atoms with Crippen molar-refractivity contribution in [3.05, 3.63) is 42.0 Å². The van der Waals surface area contributed by atoms with Crippen molar-refractivity contribution in [3.8, 4) is 5.75 Å². The zero-order valence-corrected chi connectivity index (χ0v) is 19.3. The summed E-state index contributed by atoms with van der Waals surface area (Å²) in [4.78, 5) is 14.3. The second kappa shape index (κ2) is 10.8. The molecule has 0 saturated carbocycles. The summed E-state index contributed by atoms with van der Waals surface area (Å²) < 4.78 is 7.11. The highest BCUT2D eigenvalue weighted by molar-refractivity contribution is 8.03. The van der Waals surface area contributed by atoms with Crippen LogP contribution < -0.4 is 4.74 Å². The van der Waals surface area contributed by atoms with E-state index in [2.05, 4.69) is 35.3 Å². The molecule has 0 N–H and O–H groups in total. The molecule has 5 nitrogen and oxygen atoms in total. The first-order valence-corrected chi connectivity index (χ1v) is 12.3. The first kappa shape index (κ1) is 21.9. The van der Waals surface area contributed by atoms with E-state index in [-0.39, 0.29) is 5.91 Å². The molecule has 0 spiro atoms. The summed E-state index contributed by atoms with van der Waals surface area (Å²) in [7, 11) is 3.51. The van der Waals surface area contributed by atoms with Gasteiger partial charge in [-0.15, -0.1) is 10.2 Å². The van der Waals surface area contributed by atoms with Crippen LogP contribution in [0.2, 0.25) is 0 Å². The number of carbonyl (C=O) groups excluding carboxylic acids is 1. The molecule has 1 amide bonds. The topological polar surface area (TPSA) is 55.3 Å². The summed E-state index contributed by atoms with van der Waals surface area (Å²) in [5.41, 5.74) is 1.11. The van der Waals surface area contributed by atoms with Crippen molar-refractivity contribution in [2.24, 2.45) is 0 Å². The summed E-state index contributed by atoms with van der Waals surface area (Å²) in [6.07, 6.45) is 2.36. The van der Waals surface area contributed by atoms with Crippen LogP contribution in [-0.2, 0) is 11.3 Å². The van der Waals surface area contributed by atoms with Crippen LogP contribution in [0.3, 0.4) is 0 Å². The van der Waals surface area contributed by atoms with Gasteiger partial charge in [0.2, 0.25) is 5.91 Å². The van der Waals surface area contributed by atoms with Crippen molar-refractivity contribution in [1.82, 2.24) is 15.1 Å². The van der Waals surface area contributed by atoms with Gasteiger partial charge in [-0.25, -0.2) is 0 Å². The van der Waals surface area contributed by atoms with Crippen molar-refractivity contribution < 1.29 is 9.53 Å². The third-order valence-corrected chi connectivity index (χ3v) is 7.65. The molecule has 2 aromatic carbocycles. The Morgan fingerprint density at radius 1 is 1.10 bits per heavy atom. The molecule has 0 radical (unpaired) electrons. The second-order valence-electron chi connectivity index (χ2n) is 6.62. The Balaban J connectivity index is 1.52. The zero-order valence-electron chi connectivity index (χ0n) is 16.9. The highest BCUT2D eigenvalue weighted by Crippen LogP contribution is 2.29. The second-order valence-corrected chi connectivity index (χ2v) is 10.2. The first-order chi connectivity index (χ1) is 14.1. The highest BCUT2D eigenvalue weighted by atomic mass is 32.2. The minimum Gasteiger partial charge on any atom is -0.497 e. The Hall–Kier alpha value is -1.77. The van der Waals surface area contributed by atoms with Crippen LogP contribution >= 0.6 is 34.9 Å². The number of methoxy groups -OCH3 is 1. The normalized spacial score (nSPS) is 11.0. The van der Waals surface area contributed by atoms with E-state index >= 15 is 0 Å². The SMILES string of the molecule is CCCCSc1nnc(SCC(=O)N(C)Cc2ccc3cc(OC)ccc3c2)s1. The van der Waals surface area contributed by atoms with Crippen molar-refractivity contribution >= 4 is 51.5 Å². The number of amides is 1. The monoisotopic (exact) mass is 447 g/mol. The average Bonchev–Trinajstić information content (AvgIpc) is 3.19. The molecule has 0 fully saturated rings. The number of fused-ring (bicyclic) bond motifs is 1. The predicted octanol–water partition coefficient (Wildman–Crippen LogP) is 5.34. The van der Waals surface area contributed by atoms with E-state index in [0.29, 0.717) is 12.3 Å². The van der Waals surface area contributed by atoms with E-state index in [9.17, 15) is 4.79 Å². The first-order valence-electron chi connectivity index (χ1n) is 9.48. The number of hydrogen-bond acceptors (Lipinski definition) is 7. The van der Waals surface area contributed by atoms with Gasteiger partial charge in [-0.05, 0) is 41.0 Å². The fourth-order valence-corrected chi connectivity index (χ4v) is 5.83. The Morgan fingerprint density at radius 3 is 2.59 bits per heavy atom. The van der Waals surface area contributed by atoms with Gasteiger partial charge in [0, 0.05) is 19.3 Å². The molecule has 0 aliphatic carbocycles. The maximum absolute atomic E-state index is 12.5. The van der Waals surface area contributed by atoms with E-state index in [0.717, 1.165) is 36.5 Å². The van der Waals surface area contributed by atoms with Gasteiger partial charge in [-0.3, -0.25) is 4.79 Å². The smallest absolute Gasteiger partial charge is 0.233 e. The maximum atomic E-state index is 12.5. The summed E-state index contributed by atoms with van der Waals surface area (Å²) in [6, 6.07) is 12.3. The molecular formula is C21H25N3O2S3. The number of rotatable bonds is 10. The molecule has 3 aromatic rings. The van der Waals surface area contributed by atoms with Crippen LogP contribution in [-0.4, -0.2) is 46.7 Å². The van der Waals surface area contributed by atoms with Gasteiger partial charge >= 0.3 is 0 Å². The highest BCUT2D eigenvalue weighted by Gasteiger charge is 2.13. The summed E-state index contributed by atoms with van der Waals surface area (Å²) in [5, 5.41) is 10.7. The van der Waals surface area contributed by atoms with Gasteiger partial charge < -0.3 is 9.64 Å². The molecule has 0 aliphatic heterocycles. The number of ether oxygens (including phenoxy) is 1. The molecular weight excluding hydrogens is 422 g/mol. The third kappa shape index (κ3) is 6.35. The summed E-state index contributed by atoms with van der Waals surface area (Å²) in [6.45, 7) is 2.76. The fraction of sp³-hybridized carbons (Fsp3) is 0.381. The van der Waals surface area contributed by atoms with Gasteiger partial charge in [0.25, 0.3) is 0 Å². The van der Waals surface area contributed by atoms with Gasteiger partial charge in [0.05, 0.1) is 12.9 Å². The Kier molecular flexibility index (Phi) is 8.20. The van der Waals surface area contributed by atoms with E-state index in [1.165, 1.54) is 24.6 Å². The van der Waals surface area contributed by atoms with E-state index in [4.69, 9.17) is 4.74 Å². The van der Waals surface area contributed by atoms with Crippen LogP contribution in [0.15, 0.2) is 45.1 Å². The lowest BCUT2D eigenvalue weighted by molar-refractivity contribution is -0.127. The van der Waals surface area contributed by atoms with Crippen LogP contribution in [0.4, 0.5) is 0 Å². The minimum absolute atomic E-state index is 0.0835. The molecule has 0 atom stereocenters. The number of unbranched alkanes of at least 4 members (excludes halogenated alkanes) is 1. The summed E-state index contributed by atoms with van der Waals surface area (Å²) in [5.74, 6) is 2.37. The van der Waals surface area contributed by atoms with Gasteiger partial charge in [0.15, 0.2) is 8.68 Å². The van der Waals surface area contributed by atoms with E-state index in [1.807, 2.05) is 25.2 Å². The van der Waals surface area contributed by atoms with Crippen molar-refractivity contribution in [1.29, 1.82) is 0 Å². The largest absolute Gasteiger partial charge is 0.497 e. The molecule has 8 heteroatoms. The molecule has 0 unspecified atom stereocenters. The lowest BCUT2D eigenvalue weighted by Crippen LogP contribution is -2.27. The molecule has 1 aromatic heterocycles. The van der Waals surface area contributed by atoms with Gasteiger partial charge in [-0.1, -0.05) is 66.4 Å². The molecule has 1 heterocycles. The van der Waals surface area contributed by atoms with Gasteiger partial charge in [-0.2, -0.15) is 0 Å². The van der Waals surface area contributed by atoms with E-state index < -0.39 is 0 Å². The van der Waals surface area contributed by atoms with Crippen LogP contribution in [0, 0.1) is 0 Å². The molecule has 0 bridgehead atoms. The molecule has 3 rings (SSSR count). The van der Waals surface area contributed by atoms with Gasteiger partial charge in [0.1, 0.15) is 5.75 Å². The lowest BCUT2D eigenvalue weighted by atomic mass is 10.1. The van der Waals surface area contributed by atoms with Crippen LogP contribution in [0.1, 0.15) is 25.3 Å². The number of aromatic nitrogens is 2. The molecule has 0 saturated heterocycles. The number of nitrogens with zero attached hydrogens (tertiary/aromatic N) is 3. The number of hydrogen-bond donors (Lipinski definition) is 0. The molecule has 29 heavy (non-hydrogen) atoms. The predicted molar refractivity (Wildman–Crippen MR) is 123 cm³/mol. The minimum atomic E-state index is 0.0835. The van der Waals surface area contributed by atoms with Crippen molar-refractivity contribution in [3.63, 3.8) is 0 Å². The van der Waals surface area contributed by atoms with Crippen molar-refractivity contribution in [2.45, 2.75) is 35.0 Å². The van der Waals surface area contributed by atoms with Crippen LogP contribution in [0.5, 0.6) is 5.75 Å². The van der Waals surface area contributed by atoms with E-state index in [1.54, 1.807) is 35.1 Å². The number of benzene rings is 2. The number of carbonyl (C=O) groups is 1. The average molecular weight is 448 g/mol. The van der Waals surface area contributed by atoms with Crippen molar-refractivity contribution in [2.75, 3.05) is 25.7 Å². The maximum Gasteiger partial charge on any atom is 0.233 e. The Labute approximate surface area is 184 Å². The third-order valence-electron chi connectivity index (χ3n) is 4.39. The quantitative estimate of drug-likeness (QED) is 0.309. The Bertz CT molecular complexity index is 961. The standard InChI is InChI=1S/C21H25N3O2S3/c1-4-5-10-27-20-22-23-21(29-20)28-14-19(25)24(2)13-15-6-7-17-12-18(26-3)9-8-16(17)11-15/h6-9,11-12H,4-5,10,13-14H2,1-3H3. The molecule has 154 valence electrons. The Morgan fingerprint density at radius 2 is 1.83 bits per heavy atom. The summed E-state index contributed by atoms with van der Waals surface area (Å²) >= 11 is 4.77. The van der Waals surface area contributed by atoms with Crippen LogP contribution in [0.25, 0.3) is 10.8 Å².